The van der Waals surface area contributed by atoms with E-state index in [1.807, 2.05) is 37.3 Å². The second-order valence-electron chi connectivity index (χ2n) is 4.76. The number of benzene rings is 1. The van der Waals surface area contributed by atoms with Crippen molar-refractivity contribution in [3.63, 3.8) is 0 Å². The number of aliphatic carboxylic acids is 1. The molecule has 0 spiro atoms. The highest BCUT2D eigenvalue weighted by atomic mass is 32.2. The van der Waals surface area contributed by atoms with Crippen LogP contribution in [-0.4, -0.2) is 31.3 Å². The highest BCUT2D eigenvalue weighted by Gasteiger charge is 2.19. The van der Waals surface area contributed by atoms with Crippen LogP contribution in [0.2, 0.25) is 0 Å². The van der Waals surface area contributed by atoms with E-state index in [1.54, 1.807) is 0 Å². The lowest BCUT2D eigenvalue weighted by Crippen LogP contribution is -2.38. The van der Waals surface area contributed by atoms with Crippen LogP contribution in [0.5, 0.6) is 0 Å². The monoisotopic (exact) mass is 299 g/mol. The molecule has 1 atom stereocenters. The first kappa shape index (κ1) is 16.7. The van der Waals surface area contributed by atoms with Crippen LogP contribution in [0.15, 0.2) is 30.3 Å². The summed E-state index contributed by atoms with van der Waals surface area (Å²) in [6.45, 7) is 1.90. The first-order valence-electron chi connectivity index (χ1n) is 6.68. The zero-order chi connectivity index (χ0) is 15.0. The predicted molar refractivity (Wildman–Crippen MR) is 78.0 cm³/mol. The molecule has 1 unspecified atom stereocenters. The first-order valence-corrected chi connectivity index (χ1v) is 8.34. The zero-order valence-corrected chi connectivity index (χ0v) is 12.4. The topological polar surface area (TPSA) is 83.5 Å². The molecule has 0 saturated heterocycles. The Balaban J connectivity index is 2.56. The third-order valence-electron chi connectivity index (χ3n) is 2.91. The van der Waals surface area contributed by atoms with E-state index >= 15 is 0 Å². The summed E-state index contributed by atoms with van der Waals surface area (Å²) in [7, 11) is -3.46. The van der Waals surface area contributed by atoms with Gasteiger partial charge in [-0.1, -0.05) is 43.7 Å². The summed E-state index contributed by atoms with van der Waals surface area (Å²) in [5, 5.41) is 8.78. The average Bonchev–Trinajstić information content (AvgIpc) is 2.37. The van der Waals surface area contributed by atoms with Gasteiger partial charge in [0.15, 0.2) is 0 Å². The Morgan fingerprint density at radius 1 is 1.30 bits per heavy atom. The number of aryl methyl sites for hydroxylation is 1. The molecule has 0 aromatic heterocycles. The van der Waals surface area contributed by atoms with Crippen LogP contribution in [-0.2, 0) is 21.2 Å². The van der Waals surface area contributed by atoms with E-state index in [0.29, 0.717) is 12.8 Å². The summed E-state index contributed by atoms with van der Waals surface area (Å²) >= 11 is 0. The average molecular weight is 299 g/mol. The fourth-order valence-corrected chi connectivity index (χ4v) is 3.30. The molecule has 0 amide bonds. The van der Waals surface area contributed by atoms with Crippen LogP contribution in [0.4, 0.5) is 0 Å². The van der Waals surface area contributed by atoms with E-state index in [9.17, 15) is 13.2 Å². The zero-order valence-electron chi connectivity index (χ0n) is 11.6. The molecule has 0 heterocycles. The molecule has 0 aliphatic heterocycles. The summed E-state index contributed by atoms with van der Waals surface area (Å²) in [6.07, 6.45) is 1.50. The molecule has 0 aliphatic carbocycles. The van der Waals surface area contributed by atoms with Crippen LogP contribution < -0.4 is 4.72 Å². The number of carbonyl (C=O) groups is 1. The van der Waals surface area contributed by atoms with Crippen molar-refractivity contribution in [2.24, 2.45) is 0 Å². The van der Waals surface area contributed by atoms with E-state index in [4.69, 9.17) is 5.11 Å². The van der Waals surface area contributed by atoms with Crippen LogP contribution in [0, 0.1) is 0 Å². The molecule has 0 bridgehead atoms. The minimum absolute atomic E-state index is 0.0309. The van der Waals surface area contributed by atoms with Gasteiger partial charge in [-0.05, 0) is 18.4 Å². The SMILES string of the molecule is CCCC(CC(=O)O)NS(=O)(=O)CCc1ccccc1. The van der Waals surface area contributed by atoms with E-state index in [-0.39, 0.29) is 12.2 Å². The van der Waals surface area contributed by atoms with Crippen molar-refractivity contribution in [1.82, 2.24) is 4.72 Å². The van der Waals surface area contributed by atoms with Gasteiger partial charge in [-0.3, -0.25) is 4.79 Å². The maximum absolute atomic E-state index is 12.0. The quantitative estimate of drug-likeness (QED) is 0.728. The molecule has 1 aromatic rings. The lowest BCUT2D eigenvalue weighted by molar-refractivity contribution is -0.137. The summed E-state index contributed by atoms with van der Waals surface area (Å²) in [5.41, 5.74) is 0.947. The normalized spacial score (nSPS) is 13.1. The summed E-state index contributed by atoms with van der Waals surface area (Å²) in [4.78, 5) is 10.7. The maximum atomic E-state index is 12.0. The third kappa shape index (κ3) is 6.68. The number of hydrogen-bond donors (Lipinski definition) is 2. The van der Waals surface area contributed by atoms with Gasteiger partial charge in [0.1, 0.15) is 0 Å². The summed E-state index contributed by atoms with van der Waals surface area (Å²) in [5.74, 6) is -1.02. The molecule has 2 N–H and O–H groups in total. The highest BCUT2D eigenvalue weighted by Crippen LogP contribution is 2.06. The largest absolute Gasteiger partial charge is 0.481 e. The molecule has 1 aromatic carbocycles. The van der Waals surface area contributed by atoms with Gasteiger partial charge in [0.05, 0.1) is 12.2 Å². The Hall–Kier alpha value is -1.40. The molecule has 0 radical (unpaired) electrons. The minimum Gasteiger partial charge on any atom is -0.481 e. The molecular formula is C14H21NO4S. The van der Waals surface area contributed by atoms with Gasteiger partial charge in [-0.15, -0.1) is 0 Å². The molecule has 0 saturated carbocycles. The fourth-order valence-electron chi connectivity index (χ4n) is 1.97. The van der Waals surface area contributed by atoms with E-state index < -0.39 is 22.0 Å². The molecule has 1 rings (SSSR count). The number of nitrogens with one attached hydrogen (secondary N) is 1. The van der Waals surface area contributed by atoms with Gasteiger partial charge in [0.2, 0.25) is 10.0 Å². The fraction of sp³-hybridized carbons (Fsp3) is 0.500. The van der Waals surface area contributed by atoms with Crippen molar-refractivity contribution in [3.05, 3.63) is 35.9 Å². The Morgan fingerprint density at radius 2 is 1.95 bits per heavy atom. The van der Waals surface area contributed by atoms with Crippen molar-refractivity contribution in [2.45, 2.75) is 38.6 Å². The first-order chi connectivity index (χ1) is 9.43. The van der Waals surface area contributed by atoms with Gasteiger partial charge in [0.25, 0.3) is 0 Å². The number of carboxylic acid groups (broad SMARTS) is 1. The van der Waals surface area contributed by atoms with Crippen molar-refractivity contribution < 1.29 is 18.3 Å². The standard InChI is InChI=1S/C14H21NO4S/c1-2-6-13(11-14(16)17)15-20(18,19)10-9-12-7-4-3-5-8-12/h3-5,7-8,13,15H,2,6,9-11H2,1H3,(H,16,17). The minimum atomic E-state index is -3.46. The van der Waals surface area contributed by atoms with Gasteiger partial charge in [-0.2, -0.15) is 0 Å². The predicted octanol–water partition coefficient (Wildman–Crippen LogP) is 1.79. The molecule has 0 fully saturated rings. The molecule has 5 nitrogen and oxygen atoms in total. The number of sulfonamides is 1. The van der Waals surface area contributed by atoms with Crippen molar-refractivity contribution in [3.8, 4) is 0 Å². The number of hydrogen-bond acceptors (Lipinski definition) is 3. The van der Waals surface area contributed by atoms with E-state index in [0.717, 1.165) is 12.0 Å². The van der Waals surface area contributed by atoms with Gasteiger partial charge in [-0.25, -0.2) is 13.1 Å². The second kappa shape index (κ2) is 8.01. The van der Waals surface area contributed by atoms with Crippen molar-refractivity contribution >= 4 is 16.0 Å². The molecular weight excluding hydrogens is 278 g/mol. The highest BCUT2D eigenvalue weighted by molar-refractivity contribution is 7.89. The Kier molecular flexibility index (Phi) is 6.67. The number of rotatable bonds is 9. The van der Waals surface area contributed by atoms with E-state index in [2.05, 4.69) is 4.72 Å². The molecule has 6 heteroatoms. The van der Waals surface area contributed by atoms with Crippen LogP contribution >= 0.6 is 0 Å². The lowest BCUT2D eigenvalue weighted by Gasteiger charge is -2.16. The summed E-state index contributed by atoms with van der Waals surface area (Å²) in [6, 6.07) is 8.81. The van der Waals surface area contributed by atoms with E-state index in [1.165, 1.54) is 0 Å². The number of carboxylic acids is 1. The maximum Gasteiger partial charge on any atom is 0.304 e. The van der Waals surface area contributed by atoms with Gasteiger partial charge >= 0.3 is 5.97 Å². The molecule has 112 valence electrons. The van der Waals surface area contributed by atoms with Crippen LogP contribution in [0.3, 0.4) is 0 Å². The van der Waals surface area contributed by atoms with Crippen LogP contribution in [0.25, 0.3) is 0 Å². The van der Waals surface area contributed by atoms with Crippen molar-refractivity contribution in [1.29, 1.82) is 0 Å². The Bertz CT molecular complexity index is 513. The Morgan fingerprint density at radius 3 is 2.50 bits per heavy atom. The molecule has 20 heavy (non-hydrogen) atoms. The smallest absolute Gasteiger partial charge is 0.304 e. The lowest BCUT2D eigenvalue weighted by atomic mass is 10.1. The second-order valence-corrected chi connectivity index (χ2v) is 6.63. The van der Waals surface area contributed by atoms with Crippen LogP contribution in [0.1, 0.15) is 31.7 Å². The molecule has 0 aliphatic rings. The van der Waals surface area contributed by atoms with Crippen molar-refractivity contribution in [2.75, 3.05) is 5.75 Å². The van der Waals surface area contributed by atoms with Gasteiger partial charge < -0.3 is 5.11 Å². The Labute approximate surface area is 120 Å². The van der Waals surface area contributed by atoms with Gasteiger partial charge in [0, 0.05) is 6.04 Å². The summed E-state index contributed by atoms with van der Waals surface area (Å²) < 4.78 is 26.4. The third-order valence-corrected chi connectivity index (χ3v) is 4.34.